The number of carbonyl (C=O) groups excluding carboxylic acids is 1. The number of nitrogens with two attached hydrogens (primary N) is 1. The van der Waals surface area contributed by atoms with Gasteiger partial charge in [0, 0.05) is 12.2 Å². The highest BCUT2D eigenvalue weighted by atomic mass is 19.1. The summed E-state index contributed by atoms with van der Waals surface area (Å²) < 4.78 is 13.1. The summed E-state index contributed by atoms with van der Waals surface area (Å²) in [7, 11) is 0. The Hall–Kier alpha value is -2.40. The van der Waals surface area contributed by atoms with Crippen molar-refractivity contribution in [1.82, 2.24) is 5.32 Å². The molecule has 0 aliphatic carbocycles. The molecule has 20 heavy (non-hydrogen) atoms. The molecule has 0 fully saturated rings. The minimum absolute atomic E-state index is 0.0266. The van der Waals surface area contributed by atoms with Gasteiger partial charge in [0.05, 0.1) is 11.7 Å². The van der Waals surface area contributed by atoms with Crippen molar-refractivity contribution >= 4 is 11.6 Å². The fourth-order valence-corrected chi connectivity index (χ4v) is 1.80. The summed E-state index contributed by atoms with van der Waals surface area (Å²) in [6, 6.07) is 12.5. The van der Waals surface area contributed by atoms with Gasteiger partial charge in [0.2, 0.25) is 0 Å². The molecule has 1 amide bonds. The summed E-state index contributed by atoms with van der Waals surface area (Å²) >= 11 is 0. The Balaban J connectivity index is 2.00. The first-order valence-electron chi connectivity index (χ1n) is 6.14. The molecular formula is C15H15FN2O2. The van der Waals surface area contributed by atoms with Crippen LogP contribution in [0.2, 0.25) is 0 Å². The van der Waals surface area contributed by atoms with E-state index in [1.165, 1.54) is 12.1 Å². The lowest BCUT2D eigenvalue weighted by molar-refractivity contribution is 0.0917. The van der Waals surface area contributed by atoms with Crippen LogP contribution in [-0.2, 0) is 0 Å². The standard InChI is InChI=1S/C15H15FN2O2/c16-11-6-7-13(17)12(8-11)15(20)18-9-14(19)10-4-2-1-3-5-10/h1-8,14,19H,9,17H2,(H,18,20). The number of nitrogen functional groups attached to an aromatic ring is 1. The van der Waals surface area contributed by atoms with E-state index in [0.717, 1.165) is 6.07 Å². The first-order valence-corrected chi connectivity index (χ1v) is 6.14. The SMILES string of the molecule is Nc1ccc(F)cc1C(=O)NCC(O)c1ccccc1. The van der Waals surface area contributed by atoms with Crippen LogP contribution in [0.15, 0.2) is 48.5 Å². The van der Waals surface area contributed by atoms with Gasteiger partial charge in [-0.05, 0) is 23.8 Å². The predicted octanol–water partition coefficient (Wildman–Crippen LogP) is 1.87. The number of halogens is 1. The Morgan fingerprint density at radius 2 is 1.95 bits per heavy atom. The normalized spacial score (nSPS) is 11.9. The summed E-state index contributed by atoms with van der Waals surface area (Å²) in [6.07, 6.45) is -0.824. The topological polar surface area (TPSA) is 75.4 Å². The van der Waals surface area contributed by atoms with E-state index >= 15 is 0 Å². The Morgan fingerprint density at radius 3 is 2.65 bits per heavy atom. The molecule has 0 aliphatic heterocycles. The first-order chi connectivity index (χ1) is 9.58. The maximum atomic E-state index is 13.1. The number of hydrogen-bond acceptors (Lipinski definition) is 3. The Kier molecular flexibility index (Phi) is 4.32. The Labute approximate surface area is 116 Å². The van der Waals surface area contributed by atoms with Gasteiger partial charge in [-0.25, -0.2) is 4.39 Å². The number of amides is 1. The van der Waals surface area contributed by atoms with Crippen LogP contribution in [0.4, 0.5) is 10.1 Å². The van der Waals surface area contributed by atoms with Crippen LogP contribution in [0.5, 0.6) is 0 Å². The first kappa shape index (κ1) is 14.0. The van der Waals surface area contributed by atoms with E-state index in [4.69, 9.17) is 5.73 Å². The van der Waals surface area contributed by atoms with E-state index < -0.39 is 17.8 Å². The zero-order valence-corrected chi connectivity index (χ0v) is 10.7. The molecule has 0 heterocycles. The second-order valence-corrected chi connectivity index (χ2v) is 4.37. The summed E-state index contributed by atoms with van der Waals surface area (Å²) in [5.41, 5.74) is 6.57. The quantitative estimate of drug-likeness (QED) is 0.745. The summed E-state index contributed by atoms with van der Waals surface area (Å²) in [4.78, 5) is 11.9. The van der Waals surface area contributed by atoms with Crippen molar-refractivity contribution in [3.63, 3.8) is 0 Å². The number of carbonyl (C=O) groups is 1. The number of benzene rings is 2. The highest BCUT2D eigenvalue weighted by Gasteiger charge is 2.13. The molecule has 2 aromatic rings. The molecule has 0 radical (unpaired) electrons. The van der Waals surface area contributed by atoms with E-state index in [1.54, 1.807) is 24.3 Å². The number of rotatable bonds is 4. The second kappa shape index (κ2) is 6.16. The van der Waals surface area contributed by atoms with E-state index in [0.29, 0.717) is 5.56 Å². The van der Waals surface area contributed by atoms with Crippen LogP contribution in [0, 0.1) is 5.82 Å². The van der Waals surface area contributed by atoms with Crippen LogP contribution in [-0.4, -0.2) is 17.6 Å². The lowest BCUT2D eigenvalue weighted by Gasteiger charge is -2.13. The summed E-state index contributed by atoms with van der Waals surface area (Å²) in [6.45, 7) is 0.0266. The maximum Gasteiger partial charge on any atom is 0.253 e. The molecule has 0 aromatic heterocycles. The molecular weight excluding hydrogens is 259 g/mol. The summed E-state index contributed by atoms with van der Waals surface area (Å²) in [5, 5.41) is 12.4. The van der Waals surface area contributed by atoms with Crippen molar-refractivity contribution in [2.75, 3.05) is 12.3 Å². The monoisotopic (exact) mass is 274 g/mol. The van der Waals surface area contributed by atoms with Gasteiger partial charge in [0.1, 0.15) is 5.82 Å². The van der Waals surface area contributed by atoms with E-state index in [2.05, 4.69) is 5.32 Å². The molecule has 4 nitrogen and oxygen atoms in total. The smallest absolute Gasteiger partial charge is 0.253 e. The molecule has 0 aliphatic rings. The minimum atomic E-state index is -0.824. The number of anilines is 1. The van der Waals surface area contributed by atoms with Gasteiger partial charge in [-0.3, -0.25) is 4.79 Å². The third kappa shape index (κ3) is 3.33. The van der Waals surface area contributed by atoms with Crippen LogP contribution >= 0.6 is 0 Å². The molecule has 2 rings (SSSR count). The fraction of sp³-hybridized carbons (Fsp3) is 0.133. The maximum absolute atomic E-state index is 13.1. The van der Waals surface area contributed by atoms with Gasteiger partial charge >= 0.3 is 0 Å². The molecule has 0 saturated heterocycles. The Morgan fingerprint density at radius 1 is 1.25 bits per heavy atom. The highest BCUT2D eigenvalue weighted by Crippen LogP contribution is 2.14. The third-order valence-electron chi connectivity index (χ3n) is 2.90. The van der Waals surface area contributed by atoms with E-state index in [-0.39, 0.29) is 17.8 Å². The number of aliphatic hydroxyl groups excluding tert-OH is 1. The zero-order valence-electron chi connectivity index (χ0n) is 10.7. The molecule has 104 valence electrons. The number of hydrogen-bond donors (Lipinski definition) is 3. The van der Waals surface area contributed by atoms with Crippen molar-refractivity contribution in [3.8, 4) is 0 Å². The molecule has 2 aromatic carbocycles. The highest BCUT2D eigenvalue weighted by molar-refractivity contribution is 5.99. The van der Waals surface area contributed by atoms with Crippen molar-refractivity contribution in [3.05, 3.63) is 65.5 Å². The lowest BCUT2D eigenvalue weighted by Crippen LogP contribution is -2.29. The summed E-state index contributed by atoms with van der Waals surface area (Å²) in [5.74, 6) is -1.05. The average molecular weight is 274 g/mol. The predicted molar refractivity (Wildman–Crippen MR) is 74.5 cm³/mol. The van der Waals surface area contributed by atoms with Crippen LogP contribution in [0.3, 0.4) is 0 Å². The third-order valence-corrected chi connectivity index (χ3v) is 2.90. The van der Waals surface area contributed by atoms with Crippen molar-refractivity contribution < 1.29 is 14.3 Å². The van der Waals surface area contributed by atoms with Crippen LogP contribution in [0.25, 0.3) is 0 Å². The van der Waals surface area contributed by atoms with Gasteiger partial charge in [0.15, 0.2) is 0 Å². The lowest BCUT2D eigenvalue weighted by atomic mass is 10.1. The van der Waals surface area contributed by atoms with Gasteiger partial charge in [-0.15, -0.1) is 0 Å². The van der Waals surface area contributed by atoms with Gasteiger partial charge < -0.3 is 16.2 Å². The Bertz CT molecular complexity index is 602. The van der Waals surface area contributed by atoms with Crippen molar-refractivity contribution in [1.29, 1.82) is 0 Å². The van der Waals surface area contributed by atoms with Gasteiger partial charge in [-0.2, -0.15) is 0 Å². The molecule has 5 heteroatoms. The molecule has 0 saturated carbocycles. The zero-order chi connectivity index (χ0) is 14.5. The largest absolute Gasteiger partial charge is 0.398 e. The molecule has 1 atom stereocenters. The number of nitrogens with one attached hydrogen (secondary N) is 1. The molecule has 0 spiro atoms. The molecule has 0 bridgehead atoms. The van der Waals surface area contributed by atoms with Crippen molar-refractivity contribution in [2.45, 2.75) is 6.10 Å². The van der Waals surface area contributed by atoms with E-state index in [1.807, 2.05) is 6.07 Å². The molecule has 4 N–H and O–H groups in total. The minimum Gasteiger partial charge on any atom is -0.398 e. The van der Waals surface area contributed by atoms with Crippen molar-refractivity contribution in [2.24, 2.45) is 0 Å². The van der Waals surface area contributed by atoms with Crippen LogP contribution in [0.1, 0.15) is 22.0 Å². The number of aliphatic hydroxyl groups is 1. The van der Waals surface area contributed by atoms with Gasteiger partial charge in [-0.1, -0.05) is 30.3 Å². The fourth-order valence-electron chi connectivity index (χ4n) is 1.80. The molecule has 1 unspecified atom stereocenters. The van der Waals surface area contributed by atoms with Gasteiger partial charge in [0.25, 0.3) is 5.91 Å². The second-order valence-electron chi connectivity index (χ2n) is 4.37. The van der Waals surface area contributed by atoms with Crippen LogP contribution < -0.4 is 11.1 Å². The average Bonchev–Trinajstić information content (AvgIpc) is 2.47. The van der Waals surface area contributed by atoms with E-state index in [9.17, 15) is 14.3 Å².